The Morgan fingerprint density at radius 1 is 1.03 bits per heavy atom. The summed E-state index contributed by atoms with van der Waals surface area (Å²) in [6.07, 6.45) is 9.03. The van der Waals surface area contributed by atoms with Gasteiger partial charge in [-0.25, -0.2) is 4.79 Å². The molecule has 0 N–H and O–H groups in total. The molecule has 0 aromatic heterocycles. The van der Waals surface area contributed by atoms with Gasteiger partial charge in [-0.1, -0.05) is 74.0 Å². The van der Waals surface area contributed by atoms with Gasteiger partial charge < -0.3 is 4.74 Å². The van der Waals surface area contributed by atoms with Gasteiger partial charge in [-0.15, -0.1) is 0 Å². The molecule has 1 saturated heterocycles. The number of rotatable bonds is 5. The van der Waals surface area contributed by atoms with Crippen LogP contribution in [0.5, 0.6) is 0 Å². The van der Waals surface area contributed by atoms with Crippen molar-refractivity contribution in [2.45, 2.75) is 70.4 Å². The number of carbonyl (C=O) groups excluding carboxylic acids is 1. The van der Waals surface area contributed by atoms with E-state index in [1.165, 1.54) is 41.5 Å². The topological polar surface area (TPSA) is 29.5 Å². The maximum Gasteiger partial charge on any atom is 0.410 e. The summed E-state index contributed by atoms with van der Waals surface area (Å²) in [5.74, 6) is 0.846. The van der Waals surface area contributed by atoms with Gasteiger partial charge in [0, 0.05) is 12.0 Å². The first-order valence-electron chi connectivity index (χ1n) is 11.9. The van der Waals surface area contributed by atoms with Gasteiger partial charge in [0.25, 0.3) is 0 Å². The van der Waals surface area contributed by atoms with Crippen LogP contribution in [0.4, 0.5) is 4.79 Å². The van der Waals surface area contributed by atoms with E-state index >= 15 is 0 Å². The summed E-state index contributed by atoms with van der Waals surface area (Å²) < 4.78 is 6.01. The Balaban J connectivity index is 1.30. The lowest BCUT2D eigenvalue weighted by Gasteiger charge is -2.44. The van der Waals surface area contributed by atoms with Crippen molar-refractivity contribution in [3.63, 3.8) is 0 Å². The van der Waals surface area contributed by atoms with Crippen molar-refractivity contribution in [2.24, 2.45) is 5.92 Å². The molecule has 2 heterocycles. The lowest BCUT2D eigenvalue weighted by atomic mass is 9.83. The lowest BCUT2D eigenvalue weighted by Crippen LogP contribution is -2.52. The molecular formula is C28H33NO2. The van der Waals surface area contributed by atoms with Gasteiger partial charge in [0.15, 0.2) is 0 Å². The Bertz CT molecular complexity index is 947. The van der Waals surface area contributed by atoms with Crippen LogP contribution >= 0.6 is 0 Å². The zero-order valence-electron chi connectivity index (χ0n) is 18.7. The molecule has 2 unspecified atom stereocenters. The number of piperidine rings is 1. The van der Waals surface area contributed by atoms with Crippen LogP contribution in [0.1, 0.15) is 69.4 Å². The van der Waals surface area contributed by atoms with Crippen molar-refractivity contribution < 1.29 is 9.53 Å². The largest absolute Gasteiger partial charge is 0.448 e. The molecular weight excluding hydrogens is 382 g/mol. The van der Waals surface area contributed by atoms with Crippen LogP contribution < -0.4 is 0 Å². The van der Waals surface area contributed by atoms with Crippen LogP contribution in [-0.4, -0.2) is 29.7 Å². The minimum atomic E-state index is -0.129. The molecule has 2 bridgehead atoms. The first-order chi connectivity index (χ1) is 15.1. The lowest BCUT2D eigenvalue weighted by molar-refractivity contribution is 0.0506. The Morgan fingerprint density at radius 3 is 2.35 bits per heavy atom. The maximum atomic E-state index is 13.2. The number of hydrogen-bond donors (Lipinski definition) is 0. The average molecular weight is 416 g/mol. The smallest absolute Gasteiger partial charge is 0.410 e. The molecule has 5 rings (SSSR count). The molecule has 1 aliphatic carbocycles. The molecule has 2 atom stereocenters. The van der Waals surface area contributed by atoms with Gasteiger partial charge in [-0.05, 0) is 66.7 Å². The molecule has 162 valence electrons. The van der Waals surface area contributed by atoms with Gasteiger partial charge in [0.05, 0.1) is 6.04 Å². The third kappa shape index (κ3) is 3.91. The number of fused-ring (bicyclic) bond motifs is 5. The first kappa shape index (κ1) is 20.4. The van der Waals surface area contributed by atoms with Crippen molar-refractivity contribution >= 4 is 6.09 Å². The molecule has 31 heavy (non-hydrogen) atoms. The van der Waals surface area contributed by atoms with Crippen LogP contribution in [0.2, 0.25) is 0 Å². The van der Waals surface area contributed by atoms with E-state index in [1.54, 1.807) is 5.57 Å². The Kier molecular flexibility index (Phi) is 5.60. The second kappa shape index (κ2) is 8.53. The van der Waals surface area contributed by atoms with E-state index in [0.717, 1.165) is 25.2 Å². The molecule has 1 amide bonds. The molecule has 3 nitrogen and oxygen atoms in total. The standard InChI is InChI=1S/C28H33NO2/c1-19(2)14-15-20-16-21-8-7-9-22(17-20)29(21)28(30)31-18-27-25-12-5-3-10-23(25)24-11-4-6-13-26(24)27/h3-6,10-13,16,19,21-22,27H,7-9,14-15,17-18H2,1-2H3. The minimum Gasteiger partial charge on any atom is -0.448 e. The second-order valence-corrected chi connectivity index (χ2v) is 9.82. The normalized spacial score (nSPS) is 22.2. The van der Waals surface area contributed by atoms with Crippen molar-refractivity contribution in [3.8, 4) is 11.1 Å². The molecule has 1 fully saturated rings. The molecule has 2 aromatic rings. The molecule has 0 spiro atoms. The van der Waals surface area contributed by atoms with Crippen molar-refractivity contribution in [1.82, 2.24) is 4.90 Å². The quantitative estimate of drug-likeness (QED) is 0.496. The van der Waals surface area contributed by atoms with E-state index in [4.69, 9.17) is 4.74 Å². The summed E-state index contributed by atoms with van der Waals surface area (Å²) in [5, 5.41) is 0. The number of amides is 1. The third-order valence-electron chi connectivity index (χ3n) is 7.30. The van der Waals surface area contributed by atoms with Crippen LogP contribution in [-0.2, 0) is 4.74 Å². The number of hydrogen-bond acceptors (Lipinski definition) is 2. The summed E-state index contributed by atoms with van der Waals surface area (Å²) in [6.45, 7) is 4.98. The minimum absolute atomic E-state index is 0.123. The van der Waals surface area contributed by atoms with E-state index in [2.05, 4.69) is 73.4 Å². The molecule has 3 aliphatic rings. The Hall–Kier alpha value is -2.55. The summed E-state index contributed by atoms with van der Waals surface area (Å²) in [6, 6.07) is 17.6. The fourth-order valence-electron chi connectivity index (χ4n) is 5.73. The average Bonchev–Trinajstić information content (AvgIpc) is 3.09. The molecule has 3 heteroatoms. The summed E-state index contributed by atoms with van der Waals surface area (Å²) in [7, 11) is 0. The van der Waals surface area contributed by atoms with E-state index in [-0.39, 0.29) is 18.1 Å². The monoisotopic (exact) mass is 415 g/mol. The fraction of sp³-hybridized carbons (Fsp3) is 0.464. The molecule has 2 aromatic carbocycles. The van der Waals surface area contributed by atoms with Crippen LogP contribution in [0.25, 0.3) is 11.1 Å². The number of carbonyl (C=O) groups is 1. The van der Waals surface area contributed by atoms with E-state index in [9.17, 15) is 4.79 Å². The highest BCUT2D eigenvalue weighted by atomic mass is 16.6. The maximum absolute atomic E-state index is 13.2. The SMILES string of the molecule is CC(C)CCC1=CC2CCCC(C1)N2C(=O)OCC1c2ccccc2-c2ccccc21. The third-order valence-corrected chi connectivity index (χ3v) is 7.30. The Labute approximate surface area is 186 Å². The van der Waals surface area contributed by atoms with Crippen molar-refractivity contribution in [2.75, 3.05) is 6.61 Å². The predicted octanol–water partition coefficient (Wildman–Crippen LogP) is 6.92. The Morgan fingerprint density at radius 2 is 1.71 bits per heavy atom. The highest BCUT2D eigenvalue weighted by Crippen LogP contribution is 2.45. The van der Waals surface area contributed by atoms with Gasteiger partial charge >= 0.3 is 6.09 Å². The second-order valence-electron chi connectivity index (χ2n) is 9.82. The van der Waals surface area contributed by atoms with Crippen LogP contribution in [0.3, 0.4) is 0 Å². The summed E-state index contributed by atoms with van der Waals surface area (Å²) in [4.78, 5) is 15.3. The number of nitrogens with zero attached hydrogens (tertiary/aromatic N) is 1. The number of benzene rings is 2. The summed E-state index contributed by atoms with van der Waals surface area (Å²) in [5.41, 5.74) is 6.63. The highest BCUT2D eigenvalue weighted by Gasteiger charge is 2.38. The van der Waals surface area contributed by atoms with Gasteiger partial charge in [0.1, 0.15) is 6.61 Å². The zero-order valence-corrected chi connectivity index (χ0v) is 18.7. The summed E-state index contributed by atoms with van der Waals surface area (Å²) >= 11 is 0. The van der Waals surface area contributed by atoms with Gasteiger partial charge in [-0.2, -0.15) is 0 Å². The van der Waals surface area contributed by atoms with Crippen molar-refractivity contribution in [1.29, 1.82) is 0 Å². The van der Waals surface area contributed by atoms with Gasteiger partial charge in [0.2, 0.25) is 0 Å². The molecule has 2 aliphatic heterocycles. The number of ether oxygens (including phenoxy) is 1. The zero-order chi connectivity index (χ0) is 21.4. The highest BCUT2D eigenvalue weighted by molar-refractivity contribution is 5.79. The first-order valence-corrected chi connectivity index (χ1v) is 11.9. The molecule has 0 radical (unpaired) electrons. The van der Waals surface area contributed by atoms with E-state index in [1.807, 2.05) is 0 Å². The van der Waals surface area contributed by atoms with E-state index < -0.39 is 0 Å². The van der Waals surface area contributed by atoms with Gasteiger partial charge in [-0.3, -0.25) is 4.90 Å². The van der Waals surface area contributed by atoms with E-state index in [0.29, 0.717) is 12.6 Å². The van der Waals surface area contributed by atoms with Crippen LogP contribution in [0.15, 0.2) is 60.2 Å². The molecule has 0 saturated carbocycles. The predicted molar refractivity (Wildman–Crippen MR) is 125 cm³/mol. The fourth-order valence-corrected chi connectivity index (χ4v) is 5.73. The van der Waals surface area contributed by atoms with Crippen molar-refractivity contribution in [3.05, 3.63) is 71.3 Å². The van der Waals surface area contributed by atoms with Crippen LogP contribution in [0, 0.1) is 5.92 Å².